The van der Waals surface area contributed by atoms with E-state index in [1.54, 1.807) is 12.1 Å². The number of amides is 2. The molecule has 9 heteroatoms. The Bertz CT molecular complexity index is 980. The number of anilines is 2. The first kappa shape index (κ1) is 20.0. The molecule has 1 N–H and O–H groups in total. The normalized spacial score (nSPS) is 18.5. The summed E-state index contributed by atoms with van der Waals surface area (Å²) in [6.07, 6.45) is 0.140. The van der Waals surface area contributed by atoms with Gasteiger partial charge in [-0.3, -0.25) is 14.6 Å². The number of aliphatic imine (C=N–C) groups is 1. The minimum absolute atomic E-state index is 0.140. The smallest absolute Gasteiger partial charge is 0.247 e. The molecular formula is C20H18IN3O4S. The van der Waals surface area contributed by atoms with Crippen molar-refractivity contribution >= 4 is 62.7 Å². The van der Waals surface area contributed by atoms with E-state index in [0.29, 0.717) is 28.9 Å². The van der Waals surface area contributed by atoms with E-state index in [1.165, 1.54) is 16.7 Å². The third kappa shape index (κ3) is 4.35. The van der Waals surface area contributed by atoms with E-state index < -0.39 is 5.25 Å². The standard InChI is InChI=1S/C20H18IN3O4S/c1-2-22-20(23-13-5-8-15-16(9-13)28-11-27-15)29-17-10-18(25)24(19(17)26)14-6-3-12(21)4-7-14/h3-9,17H,2,10-11H2,1H3,(H,22,23). The number of fused-ring (bicyclic) bond motifs is 1. The predicted octanol–water partition coefficient (Wildman–Crippen LogP) is 3.87. The van der Waals surface area contributed by atoms with Crippen LogP contribution in [0.5, 0.6) is 11.5 Å². The van der Waals surface area contributed by atoms with Crippen LogP contribution in [0.4, 0.5) is 11.4 Å². The molecule has 1 saturated heterocycles. The van der Waals surface area contributed by atoms with E-state index in [0.717, 1.165) is 9.26 Å². The zero-order valence-electron chi connectivity index (χ0n) is 15.6. The lowest BCUT2D eigenvalue weighted by Gasteiger charge is -2.16. The molecule has 29 heavy (non-hydrogen) atoms. The number of ether oxygens (including phenoxy) is 2. The van der Waals surface area contributed by atoms with Crippen LogP contribution >= 0.6 is 34.4 Å². The highest BCUT2D eigenvalue weighted by Gasteiger charge is 2.40. The number of hydrogen-bond acceptors (Lipinski definition) is 6. The number of imide groups is 1. The summed E-state index contributed by atoms with van der Waals surface area (Å²) in [7, 11) is 0. The lowest BCUT2D eigenvalue weighted by molar-refractivity contribution is -0.121. The van der Waals surface area contributed by atoms with Gasteiger partial charge in [-0.25, -0.2) is 4.90 Å². The van der Waals surface area contributed by atoms with Gasteiger partial charge in [0.1, 0.15) is 5.25 Å². The van der Waals surface area contributed by atoms with Crippen molar-refractivity contribution in [1.82, 2.24) is 0 Å². The number of carbonyl (C=O) groups is 2. The number of nitrogens with one attached hydrogen (secondary N) is 1. The first-order valence-electron chi connectivity index (χ1n) is 9.05. The van der Waals surface area contributed by atoms with E-state index >= 15 is 0 Å². The summed E-state index contributed by atoms with van der Waals surface area (Å²) in [6.45, 7) is 2.67. The Morgan fingerprint density at radius 2 is 1.97 bits per heavy atom. The van der Waals surface area contributed by atoms with Crippen LogP contribution in [0.3, 0.4) is 0 Å². The maximum atomic E-state index is 12.9. The monoisotopic (exact) mass is 523 g/mol. The van der Waals surface area contributed by atoms with Gasteiger partial charge in [-0.1, -0.05) is 11.8 Å². The van der Waals surface area contributed by atoms with E-state index in [9.17, 15) is 9.59 Å². The van der Waals surface area contributed by atoms with Crippen LogP contribution in [0.1, 0.15) is 13.3 Å². The summed E-state index contributed by atoms with van der Waals surface area (Å²) >= 11 is 3.46. The van der Waals surface area contributed by atoms with Crippen molar-refractivity contribution < 1.29 is 19.1 Å². The van der Waals surface area contributed by atoms with Crippen LogP contribution in [0, 0.1) is 3.57 Å². The highest BCUT2D eigenvalue weighted by atomic mass is 127. The lowest BCUT2D eigenvalue weighted by atomic mass is 10.3. The van der Waals surface area contributed by atoms with Crippen molar-refractivity contribution in [3.63, 3.8) is 0 Å². The molecule has 2 aromatic carbocycles. The number of benzene rings is 2. The van der Waals surface area contributed by atoms with E-state index in [2.05, 4.69) is 32.9 Å². The first-order chi connectivity index (χ1) is 14.0. The molecule has 0 saturated carbocycles. The van der Waals surface area contributed by atoms with Gasteiger partial charge in [-0.2, -0.15) is 0 Å². The summed E-state index contributed by atoms with van der Waals surface area (Å²) in [5.74, 6) is 0.930. The van der Waals surface area contributed by atoms with Crippen molar-refractivity contribution in [2.45, 2.75) is 18.6 Å². The zero-order chi connectivity index (χ0) is 20.4. The second kappa shape index (κ2) is 8.62. The number of amidine groups is 1. The molecule has 4 rings (SSSR count). The highest BCUT2D eigenvalue weighted by molar-refractivity contribution is 14.1. The number of carbonyl (C=O) groups excluding carboxylic acids is 2. The lowest BCUT2D eigenvalue weighted by Crippen LogP contribution is -2.31. The third-order valence-corrected chi connectivity index (χ3v) is 6.20. The van der Waals surface area contributed by atoms with Crippen molar-refractivity contribution in [3.05, 3.63) is 46.0 Å². The quantitative estimate of drug-likeness (QED) is 0.284. The number of thioether (sulfide) groups is 1. The Kier molecular flexibility index (Phi) is 5.95. The van der Waals surface area contributed by atoms with Crippen LogP contribution in [-0.4, -0.2) is 35.6 Å². The van der Waals surface area contributed by atoms with Gasteiger partial charge in [-0.05, 0) is 65.9 Å². The Labute approximate surface area is 186 Å². The van der Waals surface area contributed by atoms with E-state index in [4.69, 9.17) is 9.47 Å². The summed E-state index contributed by atoms with van der Waals surface area (Å²) in [5.41, 5.74) is 1.38. The average molecular weight is 523 g/mol. The average Bonchev–Trinajstić information content (AvgIpc) is 3.27. The Balaban J connectivity index is 1.48. The molecule has 2 aliphatic heterocycles. The predicted molar refractivity (Wildman–Crippen MR) is 122 cm³/mol. The summed E-state index contributed by atoms with van der Waals surface area (Å²) < 4.78 is 11.8. The van der Waals surface area contributed by atoms with E-state index in [-0.39, 0.29) is 25.0 Å². The molecule has 0 aliphatic carbocycles. The van der Waals surface area contributed by atoms with Gasteiger partial charge in [0, 0.05) is 28.3 Å². The minimum atomic E-state index is -0.520. The topological polar surface area (TPSA) is 80.2 Å². The fourth-order valence-electron chi connectivity index (χ4n) is 3.04. The molecule has 1 unspecified atom stereocenters. The third-order valence-electron chi connectivity index (χ3n) is 4.37. The van der Waals surface area contributed by atoms with Gasteiger partial charge >= 0.3 is 0 Å². The molecule has 0 bridgehead atoms. The molecule has 2 aliphatic rings. The second-order valence-corrected chi connectivity index (χ2v) is 8.76. The van der Waals surface area contributed by atoms with Crippen molar-refractivity contribution in [3.8, 4) is 11.5 Å². The fraction of sp³-hybridized carbons (Fsp3) is 0.250. The Morgan fingerprint density at radius 3 is 2.72 bits per heavy atom. The molecule has 2 heterocycles. The molecule has 7 nitrogen and oxygen atoms in total. The van der Waals surface area contributed by atoms with Crippen LogP contribution in [0.25, 0.3) is 0 Å². The SMILES string of the molecule is CCN=C(Nc1ccc2c(c1)OCO2)SC1CC(=O)N(c2ccc(I)cc2)C1=O. The number of rotatable bonds is 4. The number of nitrogens with zero attached hydrogens (tertiary/aromatic N) is 2. The van der Waals surface area contributed by atoms with Crippen LogP contribution in [0.2, 0.25) is 0 Å². The van der Waals surface area contributed by atoms with Gasteiger partial charge in [0.15, 0.2) is 16.7 Å². The molecule has 0 spiro atoms. The molecular weight excluding hydrogens is 505 g/mol. The second-order valence-electron chi connectivity index (χ2n) is 6.33. The van der Waals surface area contributed by atoms with Crippen molar-refractivity contribution in [1.29, 1.82) is 0 Å². The first-order valence-corrected chi connectivity index (χ1v) is 11.0. The maximum absolute atomic E-state index is 12.9. The highest BCUT2D eigenvalue weighted by Crippen LogP contribution is 2.35. The molecule has 2 amide bonds. The van der Waals surface area contributed by atoms with E-state index in [1.807, 2.05) is 37.3 Å². The molecule has 1 fully saturated rings. The maximum Gasteiger partial charge on any atom is 0.247 e. The summed E-state index contributed by atoms with van der Waals surface area (Å²) in [5, 5.41) is 3.29. The Hall–Kier alpha value is -2.27. The molecule has 0 aromatic heterocycles. The molecule has 2 aromatic rings. The number of halogens is 1. The van der Waals surface area contributed by atoms with Gasteiger partial charge in [-0.15, -0.1) is 0 Å². The summed E-state index contributed by atoms with van der Waals surface area (Å²) in [6, 6.07) is 12.8. The molecule has 0 radical (unpaired) electrons. The fourth-order valence-corrected chi connectivity index (χ4v) is 4.48. The number of hydrogen-bond donors (Lipinski definition) is 1. The van der Waals surface area contributed by atoms with Gasteiger partial charge in [0.25, 0.3) is 0 Å². The van der Waals surface area contributed by atoms with Crippen LogP contribution in [-0.2, 0) is 9.59 Å². The van der Waals surface area contributed by atoms with Crippen molar-refractivity contribution in [2.24, 2.45) is 4.99 Å². The van der Waals surface area contributed by atoms with Crippen LogP contribution < -0.4 is 19.7 Å². The van der Waals surface area contributed by atoms with Crippen LogP contribution in [0.15, 0.2) is 47.5 Å². The van der Waals surface area contributed by atoms with Crippen molar-refractivity contribution in [2.75, 3.05) is 23.6 Å². The zero-order valence-corrected chi connectivity index (χ0v) is 18.5. The largest absolute Gasteiger partial charge is 0.454 e. The molecule has 1 atom stereocenters. The van der Waals surface area contributed by atoms with Gasteiger partial charge < -0.3 is 14.8 Å². The minimum Gasteiger partial charge on any atom is -0.454 e. The van der Waals surface area contributed by atoms with Gasteiger partial charge in [0.05, 0.1) is 5.69 Å². The summed E-state index contributed by atoms with van der Waals surface area (Å²) in [4.78, 5) is 31.1. The Morgan fingerprint density at radius 1 is 1.21 bits per heavy atom. The van der Waals surface area contributed by atoms with Gasteiger partial charge in [0.2, 0.25) is 18.6 Å². The molecule has 150 valence electrons.